The Kier molecular flexibility index (Phi) is 7.66. The molecule has 1 rings (SSSR count). The summed E-state index contributed by atoms with van der Waals surface area (Å²) in [5.41, 5.74) is 5.02. The predicted octanol–water partition coefficient (Wildman–Crippen LogP) is 3.35. The molecule has 0 radical (unpaired) electrons. The third kappa shape index (κ3) is 6.31. The first kappa shape index (κ1) is 18.1. The average Bonchev–Trinajstić information content (AvgIpc) is 2.14. The van der Waals surface area contributed by atoms with Crippen LogP contribution in [0.3, 0.4) is 0 Å². The van der Waals surface area contributed by atoms with Gasteiger partial charge in [-0.05, 0) is 58.2 Å². The van der Waals surface area contributed by atoms with E-state index in [2.05, 4.69) is 55.4 Å². The summed E-state index contributed by atoms with van der Waals surface area (Å²) in [5.74, 6) is 0. The third-order valence-corrected chi connectivity index (χ3v) is 3.49. The number of likely N-dealkylation sites (tertiary alicyclic amines) is 1. The molecule has 6 heteroatoms. The summed E-state index contributed by atoms with van der Waals surface area (Å²) in [6.07, 6.45) is 4.46. The summed E-state index contributed by atoms with van der Waals surface area (Å²) < 4.78 is 0. The monoisotopic (exact) mass is 293 g/mol. The molecule has 1 heterocycles. The first-order valence-electron chi connectivity index (χ1n) is 6.17. The maximum absolute atomic E-state index is 8.66. The van der Waals surface area contributed by atoms with E-state index in [4.69, 9.17) is 10.2 Å². The van der Waals surface area contributed by atoms with Crippen molar-refractivity contribution in [1.82, 2.24) is 4.90 Å². The Morgan fingerprint density at radius 3 is 2.06 bits per heavy atom. The molecule has 0 bridgehead atoms. The molecule has 0 aromatic carbocycles. The zero-order valence-corrected chi connectivity index (χ0v) is 13.4. The number of piperidine rings is 1. The molecule has 0 aliphatic carbocycles. The van der Waals surface area contributed by atoms with Gasteiger partial charge in [-0.3, -0.25) is 10.4 Å². The maximum Gasteiger partial charge on any atom is 0.198 e. The van der Waals surface area contributed by atoms with Crippen molar-refractivity contribution in [1.29, 1.82) is 5.26 Å². The van der Waals surface area contributed by atoms with Gasteiger partial charge in [0.1, 0.15) is 0 Å². The van der Waals surface area contributed by atoms with E-state index in [0.29, 0.717) is 6.42 Å². The average molecular weight is 294 g/mol. The van der Waals surface area contributed by atoms with Crippen molar-refractivity contribution >= 4 is 18.9 Å². The van der Waals surface area contributed by atoms with E-state index in [9.17, 15) is 0 Å². The SMILES string of the molecule is CC1(C)CCCC(C)(C)N1CCC#N.NP(O)Cl. The van der Waals surface area contributed by atoms with E-state index < -0.39 is 7.65 Å². The van der Waals surface area contributed by atoms with Gasteiger partial charge in [-0.2, -0.15) is 5.26 Å². The second kappa shape index (κ2) is 7.62. The first-order valence-corrected chi connectivity index (χ1v) is 8.44. The topological polar surface area (TPSA) is 73.3 Å². The van der Waals surface area contributed by atoms with Crippen LogP contribution in [-0.2, 0) is 0 Å². The maximum atomic E-state index is 8.66. The van der Waals surface area contributed by atoms with Crippen LogP contribution in [0, 0.1) is 11.3 Å². The van der Waals surface area contributed by atoms with Gasteiger partial charge in [0.2, 0.25) is 0 Å². The second-order valence-electron chi connectivity index (χ2n) is 5.83. The predicted molar refractivity (Wildman–Crippen MR) is 78.1 cm³/mol. The van der Waals surface area contributed by atoms with E-state index in [-0.39, 0.29) is 11.1 Å². The molecule has 0 spiro atoms. The number of hydrogen-bond acceptors (Lipinski definition) is 4. The Balaban J connectivity index is 0.000000631. The Labute approximate surface area is 117 Å². The standard InChI is InChI=1S/C12H22N2.ClH3NOP/c1-11(2)7-5-8-12(3,4)14(11)10-6-9-13;1-4(2)3/h5-8,10H2,1-4H3;3H,2H2. The summed E-state index contributed by atoms with van der Waals surface area (Å²) in [7, 11) is -1.65. The fourth-order valence-electron chi connectivity index (χ4n) is 2.81. The largest absolute Gasteiger partial charge is 0.348 e. The van der Waals surface area contributed by atoms with Crippen molar-refractivity contribution in [2.75, 3.05) is 6.54 Å². The van der Waals surface area contributed by atoms with Crippen LogP contribution in [-0.4, -0.2) is 27.4 Å². The highest BCUT2D eigenvalue weighted by Crippen LogP contribution is 2.37. The number of nitrogens with two attached hydrogens (primary N) is 1. The van der Waals surface area contributed by atoms with Crippen LogP contribution in [0.25, 0.3) is 0 Å². The molecule has 1 aliphatic rings. The van der Waals surface area contributed by atoms with E-state index in [1.165, 1.54) is 19.3 Å². The first-order chi connectivity index (χ1) is 8.13. The molecular weight excluding hydrogens is 269 g/mol. The molecule has 1 saturated heterocycles. The number of nitrogens with zero attached hydrogens (tertiary/aromatic N) is 2. The van der Waals surface area contributed by atoms with E-state index in [1.807, 2.05) is 0 Å². The van der Waals surface area contributed by atoms with E-state index in [1.54, 1.807) is 0 Å². The van der Waals surface area contributed by atoms with Crippen molar-refractivity contribution in [2.24, 2.45) is 5.50 Å². The van der Waals surface area contributed by atoms with Gasteiger partial charge in [-0.1, -0.05) is 0 Å². The van der Waals surface area contributed by atoms with Gasteiger partial charge in [0.25, 0.3) is 0 Å². The van der Waals surface area contributed by atoms with Gasteiger partial charge in [0, 0.05) is 24.0 Å². The molecule has 1 atom stereocenters. The van der Waals surface area contributed by atoms with Crippen molar-refractivity contribution in [3.63, 3.8) is 0 Å². The Bertz CT molecular complexity index is 271. The smallest absolute Gasteiger partial charge is 0.198 e. The van der Waals surface area contributed by atoms with Crippen LogP contribution in [0.1, 0.15) is 53.4 Å². The Morgan fingerprint density at radius 1 is 1.33 bits per heavy atom. The minimum atomic E-state index is -1.65. The van der Waals surface area contributed by atoms with Crippen LogP contribution in [0.15, 0.2) is 0 Å². The van der Waals surface area contributed by atoms with Crippen LogP contribution in [0.2, 0.25) is 0 Å². The highest BCUT2D eigenvalue weighted by molar-refractivity contribution is 7.77. The highest BCUT2D eigenvalue weighted by Gasteiger charge is 2.40. The van der Waals surface area contributed by atoms with Gasteiger partial charge < -0.3 is 4.89 Å². The summed E-state index contributed by atoms with van der Waals surface area (Å²) in [5, 5.41) is 8.66. The van der Waals surface area contributed by atoms with Gasteiger partial charge in [-0.25, -0.2) is 0 Å². The quantitative estimate of drug-likeness (QED) is 0.766. The normalized spacial score (nSPS) is 23.4. The summed E-state index contributed by atoms with van der Waals surface area (Å²) in [4.78, 5) is 10.2. The van der Waals surface area contributed by atoms with Gasteiger partial charge >= 0.3 is 0 Å². The lowest BCUT2D eigenvalue weighted by Crippen LogP contribution is -2.58. The van der Waals surface area contributed by atoms with Crippen molar-refractivity contribution < 1.29 is 4.89 Å². The van der Waals surface area contributed by atoms with E-state index >= 15 is 0 Å². The lowest BCUT2D eigenvalue weighted by molar-refractivity contribution is -0.0246. The molecule has 0 saturated carbocycles. The number of hydrogen-bond donors (Lipinski definition) is 2. The molecule has 0 aromatic heterocycles. The fraction of sp³-hybridized carbons (Fsp3) is 0.917. The molecule has 3 N–H and O–H groups in total. The summed E-state index contributed by atoms with van der Waals surface area (Å²) in [6.45, 7) is 10.1. The molecule has 1 unspecified atom stereocenters. The highest BCUT2D eigenvalue weighted by atomic mass is 35.7. The van der Waals surface area contributed by atoms with Gasteiger partial charge in [0.15, 0.2) is 7.65 Å². The second-order valence-corrected chi connectivity index (χ2v) is 7.44. The molecule has 106 valence electrons. The van der Waals surface area contributed by atoms with Crippen molar-refractivity contribution in [3.8, 4) is 6.07 Å². The van der Waals surface area contributed by atoms with Crippen LogP contribution < -0.4 is 5.50 Å². The van der Waals surface area contributed by atoms with Crippen LogP contribution in [0.5, 0.6) is 0 Å². The van der Waals surface area contributed by atoms with Crippen LogP contribution >= 0.6 is 18.9 Å². The van der Waals surface area contributed by atoms with Gasteiger partial charge in [0.05, 0.1) is 6.07 Å². The number of rotatable bonds is 2. The Hall–Kier alpha value is 0.0900. The van der Waals surface area contributed by atoms with E-state index in [0.717, 1.165) is 6.54 Å². The summed E-state index contributed by atoms with van der Waals surface area (Å²) >= 11 is 4.67. The Morgan fingerprint density at radius 2 is 1.72 bits per heavy atom. The fourth-order valence-corrected chi connectivity index (χ4v) is 2.81. The van der Waals surface area contributed by atoms with Crippen molar-refractivity contribution in [3.05, 3.63) is 0 Å². The number of halogens is 1. The molecule has 18 heavy (non-hydrogen) atoms. The van der Waals surface area contributed by atoms with Gasteiger partial charge in [-0.15, -0.1) is 0 Å². The minimum Gasteiger partial charge on any atom is -0.348 e. The molecule has 4 nitrogen and oxygen atoms in total. The molecule has 0 amide bonds. The van der Waals surface area contributed by atoms with Crippen molar-refractivity contribution in [2.45, 2.75) is 64.5 Å². The minimum absolute atomic E-state index is 0.262. The van der Waals surface area contributed by atoms with Crippen LogP contribution in [0.4, 0.5) is 0 Å². The zero-order valence-electron chi connectivity index (χ0n) is 11.8. The molecule has 0 aromatic rings. The third-order valence-electron chi connectivity index (χ3n) is 3.49. The lowest BCUT2D eigenvalue weighted by Gasteiger charge is -2.52. The lowest BCUT2D eigenvalue weighted by atomic mass is 9.80. The zero-order chi connectivity index (χ0) is 14.4. The molecular formula is C12H25ClN3OP. The summed E-state index contributed by atoms with van der Waals surface area (Å²) in [6, 6.07) is 2.25. The number of nitriles is 1. The molecule has 1 aliphatic heterocycles. The molecule has 1 fully saturated rings.